The number of furan rings is 1. The highest BCUT2D eigenvalue weighted by molar-refractivity contribution is 5.83. The largest absolute Gasteiger partial charge is 0.459 e. The molecule has 1 saturated heterocycles. The van der Waals surface area contributed by atoms with E-state index >= 15 is 0 Å². The molecule has 4 nitrogen and oxygen atoms in total. The second-order valence-corrected chi connectivity index (χ2v) is 6.21. The molecule has 1 aromatic heterocycles. The first-order valence-electron chi connectivity index (χ1n) is 8.12. The molecule has 0 saturated carbocycles. The average molecular weight is 300 g/mol. The van der Waals surface area contributed by atoms with Gasteiger partial charge < -0.3 is 9.73 Å². The molecule has 0 unspecified atom stereocenters. The van der Waals surface area contributed by atoms with Gasteiger partial charge in [-0.3, -0.25) is 9.69 Å². The molecule has 0 radical (unpaired) electrons. The van der Waals surface area contributed by atoms with Crippen molar-refractivity contribution in [1.29, 1.82) is 0 Å². The minimum atomic E-state index is -0.00724. The normalized spacial score (nSPS) is 20.0. The molecular formula is C18H24N2O2. The van der Waals surface area contributed by atoms with E-state index in [-0.39, 0.29) is 11.9 Å². The molecule has 1 aliphatic heterocycles. The first-order valence-corrected chi connectivity index (χ1v) is 8.12. The number of fused-ring (bicyclic) bond motifs is 1. The summed E-state index contributed by atoms with van der Waals surface area (Å²) in [5.74, 6) is 0.968. The number of rotatable bonds is 3. The van der Waals surface area contributed by atoms with Crippen molar-refractivity contribution >= 4 is 16.9 Å². The van der Waals surface area contributed by atoms with Crippen LogP contribution >= 0.6 is 0 Å². The molecular weight excluding hydrogens is 276 g/mol. The van der Waals surface area contributed by atoms with Crippen LogP contribution in [0, 0.1) is 6.92 Å². The molecule has 118 valence electrons. The minimum Gasteiger partial charge on any atom is -0.459 e. The Morgan fingerprint density at radius 2 is 2.14 bits per heavy atom. The number of para-hydroxylation sites is 1. The average Bonchev–Trinajstić information content (AvgIpc) is 2.69. The molecule has 2 aromatic rings. The number of amides is 1. The van der Waals surface area contributed by atoms with E-state index in [2.05, 4.69) is 16.3 Å². The minimum absolute atomic E-state index is 0.00724. The lowest BCUT2D eigenvalue weighted by atomic mass is 10.1. The van der Waals surface area contributed by atoms with Crippen LogP contribution in [-0.2, 0) is 11.3 Å². The van der Waals surface area contributed by atoms with Crippen LogP contribution in [0.15, 0.2) is 28.7 Å². The molecule has 22 heavy (non-hydrogen) atoms. The lowest BCUT2D eigenvalue weighted by Gasteiger charge is -2.24. The van der Waals surface area contributed by atoms with Crippen molar-refractivity contribution < 1.29 is 9.21 Å². The summed E-state index contributed by atoms with van der Waals surface area (Å²) in [6.45, 7) is 3.51. The maximum absolute atomic E-state index is 12.5. The van der Waals surface area contributed by atoms with Gasteiger partial charge in [0.15, 0.2) is 0 Å². The van der Waals surface area contributed by atoms with Crippen molar-refractivity contribution in [1.82, 2.24) is 10.2 Å². The third-order valence-corrected chi connectivity index (χ3v) is 4.69. The van der Waals surface area contributed by atoms with Gasteiger partial charge in [-0.25, -0.2) is 0 Å². The van der Waals surface area contributed by atoms with Crippen LogP contribution in [-0.4, -0.2) is 30.4 Å². The quantitative estimate of drug-likeness (QED) is 0.946. The number of aryl methyl sites for hydroxylation is 1. The van der Waals surface area contributed by atoms with Crippen LogP contribution in [0.1, 0.15) is 37.0 Å². The summed E-state index contributed by atoms with van der Waals surface area (Å²) in [6, 6.07) is 7.99. The van der Waals surface area contributed by atoms with Crippen molar-refractivity contribution in [2.45, 2.75) is 45.2 Å². The molecule has 1 aromatic carbocycles. The molecule has 0 spiro atoms. The Morgan fingerprint density at radius 1 is 1.32 bits per heavy atom. The van der Waals surface area contributed by atoms with Gasteiger partial charge in [0.2, 0.25) is 5.91 Å². The summed E-state index contributed by atoms with van der Waals surface area (Å²) in [6.07, 6.45) is 4.48. The van der Waals surface area contributed by atoms with Crippen molar-refractivity contribution in [2.24, 2.45) is 0 Å². The molecule has 1 aliphatic rings. The van der Waals surface area contributed by atoms with Crippen LogP contribution < -0.4 is 5.32 Å². The Bertz CT molecular complexity index is 662. The molecule has 2 heterocycles. The molecule has 1 N–H and O–H groups in total. The van der Waals surface area contributed by atoms with E-state index in [0.717, 1.165) is 41.7 Å². The fourth-order valence-corrected chi connectivity index (χ4v) is 3.26. The zero-order chi connectivity index (χ0) is 15.5. The number of carbonyl (C=O) groups excluding carboxylic acids is 1. The van der Waals surface area contributed by atoms with E-state index < -0.39 is 0 Å². The highest BCUT2D eigenvalue weighted by Crippen LogP contribution is 2.24. The summed E-state index contributed by atoms with van der Waals surface area (Å²) in [5, 5.41) is 4.18. The number of likely N-dealkylation sites (tertiary alicyclic amines) is 1. The lowest BCUT2D eigenvalue weighted by molar-refractivity contribution is -0.126. The van der Waals surface area contributed by atoms with Gasteiger partial charge in [0.1, 0.15) is 11.3 Å². The van der Waals surface area contributed by atoms with Gasteiger partial charge in [0.05, 0.1) is 12.6 Å². The zero-order valence-corrected chi connectivity index (χ0v) is 13.4. The highest BCUT2D eigenvalue weighted by atomic mass is 16.3. The fourth-order valence-electron chi connectivity index (χ4n) is 3.26. The van der Waals surface area contributed by atoms with Gasteiger partial charge in [-0.15, -0.1) is 0 Å². The zero-order valence-electron chi connectivity index (χ0n) is 13.4. The van der Waals surface area contributed by atoms with E-state index in [9.17, 15) is 4.79 Å². The molecule has 1 amide bonds. The van der Waals surface area contributed by atoms with Crippen molar-refractivity contribution in [3.63, 3.8) is 0 Å². The Kier molecular flexibility index (Phi) is 4.48. The van der Waals surface area contributed by atoms with E-state index in [0.29, 0.717) is 6.54 Å². The molecule has 0 bridgehead atoms. The third-order valence-electron chi connectivity index (χ3n) is 4.69. The van der Waals surface area contributed by atoms with Gasteiger partial charge in [-0.2, -0.15) is 0 Å². The number of carbonyl (C=O) groups is 1. The predicted octanol–water partition coefficient (Wildman–Crippen LogP) is 3.23. The van der Waals surface area contributed by atoms with E-state index in [1.807, 2.05) is 32.2 Å². The first-order chi connectivity index (χ1) is 10.7. The third kappa shape index (κ3) is 3.02. The number of nitrogens with zero attached hydrogens (tertiary/aromatic N) is 1. The SMILES string of the molecule is Cc1c(CNC(=O)[C@H]2CCCCCN2C)oc2ccccc12. The Labute approximate surface area is 131 Å². The second kappa shape index (κ2) is 6.53. The number of hydrogen-bond donors (Lipinski definition) is 1. The van der Waals surface area contributed by atoms with E-state index in [1.165, 1.54) is 12.8 Å². The summed E-state index contributed by atoms with van der Waals surface area (Å²) in [4.78, 5) is 14.6. The van der Waals surface area contributed by atoms with Crippen molar-refractivity contribution in [3.05, 3.63) is 35.6 Å². The van der Waals surface area contributed by atoms with E-state index in [1.54, 1.807) is 0 Å². The Balaban J connectivity index is 1.68. The maximum atomic E-state index is 12.5. The Hall–Kier alpha value is -1.81. The maximum Gasteiger partial charge on any atom is 0.237 e. The van der Waals surface area contributed by atoms with Gasteiger partial charge in [-0.05, 0) is 39.4 Å². The summed E-state index contributed by atoms with van der Waals surface area (Å²) in [7, 11) is 2.04. The number of hydrogen-bond acceptors (Lipinski definition) is 3. The molecule has 1 atom stereocenters. The topological polar surface area (TPSA) is 45.5 Å². The summed E-state index contributed by atoms with van der Waals surface area (Å²) < 4.78 is 5.86. The molecule has 4 heteroatoms. The first kappa shape index (κ1) is 15.1. The predicted molar refractivity (Wildman–Crippen MR) is 87.7 cm³/mol. The highest BCUT2D eigenvalue weighted by Gasteiger charge is 2.24. The number of nitrogens with one attached hydrogen (secondary N) is 1. The van der Waals surface area contributed by atoms with Crippen molar-refractivity contribution in [2.75, 3.05) is 13.6 Å². The Morgan fingerprint density at radius 3 is 2.95 bits per heavy atom. The van der Waals surface area contributed by atoms with Crippen LogP contribution in [0.5, 0.6) is 0 Å². The monoisotopic (exact) mass is 300 g/mol. The van der Waals surface area contributed by atoms with Crippen molar-refractivity contribution in [3.8, 4) is 0 Å². The summed E-state index contributed by atoms with van der Waals surface area (Å²) in [5.41, 5.74) is 2.00. The van der Waals surface area contributed by atoms with Gasteiger partial charge in [0.25, 0.3) is 0 Å². The van der Waals surface area contributed by atoms with E-state index in [4.69, 9.17) is 4.42 Å². The summed E-state index contributed by atoms with van der Waals surface area (Å²) >= 11 is 0. The van der Waals surface area contributed by atoms with Crippen LogP contribution in [0.4, 0.5) is 0 Å². The molecule has 3 rings (SSSR count). The second-order valence-electron chi connectivity index (χ2n) is 6.21. The molecule has 0 aliphatic carbocycles. The van der Waals surface area contributed by atoms with Crippen LogP contribution in [0.2, 0.25) is 0 Å². The van der Waals surface area contributed by atoms with Crippen LogP contribution in [0.3, 0.4) is 0 Å². The van der Waals surface area contributed by atoms with Gasteiger partial charge in [0, 0.05) is 10.9 Å². The molecule has 1 fully saturated rings. The van der Waals surface area contributed by atoms with Crippen LogP contribution in [0.25, 0.3) is 11.0 Å². The smallest absolute Gasteiger partial charge is 0.237 e. The standard InChI is InChI=1S/C18H24N2O2/c1-13-14-8-5-6-10-16(14)22-17(13)12-19-18(21)15-9-4-3-7-11-20(15)2/h5-6,8,10,15H,3-4,7,9,11-12H2,1-2H3,(H,19,21)/t15-/m1/s1. The van der Waals surface area contributed by atoms with Gasteiger partial charge in [-0.1, -0.05) is 31.0 Å². The number of likely N-dealkylation sites (N-methyl/N-ethyl adjacent to an activating group) is 1. The number of benzene rings is 1. The van der Waals surface area contributed by atoms with Gasteiger partial charge >= 0.3 is 0 Å². The lowest BCUT2D eigenvalue weighted by Crippen LogP contribution is -2.44. The fraction of sp³-hybridized carbons (Fsp3) is 0.500.